The van der Waals surface area contributed by atoms with E-state index in [1.807, 2.05) is 16.8 Å². The Labute approximate surface area is 133 Å². The molecule has 2 aromatic rings. The van der Waals surface area contributed by atoms with Crippen molar-refractivity contribution in [3.05, 3.63) is 40.1 Å². The average Bonchev–Trinajstić information content (AvgIpc) is 3.22. The molecule has 2 aliphatic rings. The second kappa shape index (κ2) is 5.52. The molecule has 0 aromatic carbocycles. The molecule has 0 saturated heterocycles. The molecule has 4 rings (SSSR count). The van der Waals surface area contributed by atoms with Crippen LogP contribution in [0.25, 0.3) is 0 Å². The van der Waals surface area contributed by atoms with E-state index in [1.54, 1.807) is 23.9 Å². The summed E-state index contributed by atoms with van der Waals surface area (Å²) in [6.07, 6.45) is 9.78. The van der Waals surface area contributed by atoms with Gasteiger partial charge in [-0.1, -0.05) is 0 Å². The first-order valence-electron chi connectivity index (χ1n) is 7.80. The molecular weight excluding hydrogens is 298 g/mol. The number of hydrogen-bond acceptors (Lipinski definition) is 4. The van der Waals surface area contributed by atoms with Crippen LogP contribution in [0.5, 0.6) is 0 Å². The SMILES string of the molecule is O=C(N[C@@H]1CC[C@@H](n2ccnc2)[C@@H]1O)c1cc2c(s1)CCC2. The number of fused-ring (bicyclic) bond motifs is 1. The Morgan fingerprint density at radius 1 is 1.41 bits per heavy atom. The van der Waals surface area contributed by atoms with Gasteiger partial charge < -0.3 is 15.0 Å². The van der Waals surface area contributed by atoms with E-state index in [4.69, 9.17) is 0 Å². The van der Waals surface area contributed by atoms with Crippen LogP contribution in [0.2, 0.25) is 0 Å². The predicted octanol–water partition coefficient (Wildman–Crippen LogP) is 1.93. The zero-order valence-electron chi connectivity index (χ0n) is 12.2. The van der Waals surface area contributed by atoms with Crippen molar-refractivity contribution in [1.82, 2.24) is 14.9 Å². The summed E-state index contributed by atoms with van der Waals surface area (Å²) < 4.78 is 1.93. The van der Waals surface area contributed by atoms with Crippen molar-refractivity contribution < 1.29 is 9.90 Å². The number of amides is 1. The van der Waals surface area contributed by atoms with Crippen molar-refractivity contribution in [3.8, 4) is 0 Å². The molecule has 0 radical (unpaired) electrons. The second-order valence-corrected chi connectivity index (χ2v) is 7.27. The summed E-state index contributed by atoms with van der Waals surface area (Å²) in [5.74, 6) is -0.0465. The van der Waals surface area contributed by atoms with Crippen LogP contribution in [0, 0.1) is 0 Å². The Morgan fingerprint density at radius 3 is 3.09 bits per heavy atom. The van der Waals surface area contributed by atoms with Gasteiger partial charge in [-0.3, -0.25) is 4.79 Å². The Bertz CT molecular complexity index is 658. The number of aliphatic hydroxyl groups excluding tert-OH is 1. The lowest BCUT2D eigenvalue weighted by Crippen LogP contribution is -2.41. The van der Waals surface area contributed by atoms with E-state index < -0.39 is 6.10 Å². The number of carbonyl (C=O) groups is 1. The molecule has 116 valence electrons. The maximum Gasteiger partial charge on any atom is 0.261 e. The lowest BCUT2D eigenvalue weighted by atomic mass is 10.1. The summed E-state index contributed by atoms with van der Waals surface area (Å²) >= 11 is 1.60. The quantitative estimate of drug-likeness (QED) is 0.909. The van der Waals surface area contributed by atoms with Crippen LogP contribution >= 0.6 is 11.3 Å². The standard InChI is InChI=1S/C16H19N3O2S/c20-15-11(4-5-12(15)19-7-6-17-9-19)18-16(21)14-8-10-2-1-3-13(10)22-14/h6-9,11-12,15,20H,1-5H2,(H,18,21)/t11-,12-,15-/m1/s1. The van der Waals surface area contributed by atoms with Crippen molar-refractivity contribution in [2.75, 3.05) is 0 Å². The number of hydrogen-bond donors (Lipinski definition) is 2. The molecule has 1 amide bonds. The molecular formula is C16H19N3O2S. The zero-order chi connectivity index (χ0) is 15.1. The third-order valence-corrected chi connectivity index (χ3v) is 6.01. The van der Waals surface area contributed by atoms with Crippen LogP contribution in [-0.4, -0.2) is 32.7 Å². The fourth-order valence-electron chi connectivity index (χ4n) is 3.59. The number of carbonyl (C=O) groups excluding carboxylic acids is 1. The van der Waals surface area contributed by atoms with Gasteiger partial charge >= 0.3 is 0 Å². The van der Waals surface area contributed by atoms with Crippen LogP contribution in [0.1, 0.15) is 45.4 Å². The van der Waals surface area contributed by atoms with Gasteiger partial charge in [0.1, 0.15) is 0 Å². The molecule has 0 unspecified atom stereocenters. The summed E-state index contributed by atoms with van der Waals surface area (Å²) in [4.78, 5) is 18.6. The lowest BCUT2D eigenvalue weighted by molar-refractivity contribution is 0.0817. The van der Waals surface area contributed by atoms with E-state index >= 15 is 0 Å². The Morgan fingerprint density at radius 2 is 2.32 bits per heavy atom. The van der Waals surface area contributed by atoms with Gasteiger partial charge in [-0.2, -0.15) is 0 Å². The largest absolute Gasteiger partial charge is 0.389 e. The highest BCUT2D eigenvalue weighted by molar-refractivity contribution is 7.14. The van der Waals surface area contributed by atoms with Gasteiger partial charge in [0, 0.05) is 17.3 Å². The van der Waals surface area contributed by atoms with Crippen LogP contribution in [0.15, 0.2) is 24.8 Å². The highest BCUT2D eigenvalue weighted by Gasteiger charge is 2.36. The molecule has 2 heterocycles. The first-order valence-corrected chi connectivity index (χ1v) is 8.62. The van der Waals surface area contributed by atoms with E-state index in [-0.39, 0.29) is 18.0 Å². The maximum atomic E-state index is 12.4. The first kappa shape index (κ1) is 14.0. The number of thiophene rings is 1. The van der Waals surface area contributed by atoms with Crippen LogP contribution in [0.4, 0.5) is 0 Å². The molecule has 1 saturated carbocycles. The fraction of sp³-hybridized carbons (Fsp3) is 0.500. The fourth-order valence-corrected chi connectivity index (χ4v) is 4.75. The van der Waals surface area contributed by atoms with Gasteiger partial charge in [-0.15, -0.1) is 11.3 Å². The van der Waals surface area contributed by atoms with Crippen molar-refractivity contribution in [3.63, 3.8) is 0 Å². The molecule has 2 aromatic heterocycles. The smallest absolute Gasteiger partial charge is 0.261 e. The second-order valence-electron chi connectivity index (χ2n) is 6.14. The minimum absolute atomic E-state index is 0.00106. The van der Waals surface area contributed by atoms with E-state index in [0.29, 0.717) is 0 Å². The molecule has 0 spiro atoms. The van der Waals surface area contributed by atoms with E-state index in [9.17, 15) is 9.90 Å². The summed E-state index contributed by atoms with van der Waals surface area (Å²) in [6.45, 7) is 0. The van der Waals surface area contributed by atoms with Gasteiger partial charge in [-0.25, -0.2) is 4.98 Å². The Kier molecular flexibility index (Phi) is 3.50. The number of aryl methyl sites for hydroxylation is 2. The molecule has 6 heteroatoms. The number of rotatable bonds is 3. The van der Waals surface area contributed by atoms with Crippen molar-refractivity contribution >= 4 is 17.2 Å². The highest BCUT2D eigenvalue weighted by Crippen LogP contribution is 2.33. The lowest BCUT2D eigenvalue weighted by Gasteiger charge is -2.21. The number of nitrogens with one attached hydrogen (secondary N) is 1. The highest BCUT2D eigenvalue weighted by atomic mass is 32.1. The molecule has 3 atom stereocenters. The molecule has 0 aliphatic heterocycles. The van der Waals surface area contributed by atoms with Crippen LogP contribution < -0.4 is 5.32 Å². The van der Waals surface area contributed by atoms with Crippen molar-refractivity contribution in [2.24, 2.45) is 0 Å². The summed E-state index contributed by atoms with van der Waals surface area (Å²) in [5, 5.41) is 13.5. The van der Waals surface area contributed by atoms with Gasteiger partial charge in [0.15, 0.2) is 0 Å². The molecule has 2 N–H and O–H groups in total. The van der Waals surface area contributed by atoms with Crippen molar-refractivity contribution in [2.45, 2.75) is 50.3 Å². The molecule has 0 bridgehead atoms. The molecule has 22 heavy (non-hydrogen) atoms. The third-order valence-electron chi connectivity index (χ3n) is 4.77. The Balaban J connectivity index is 1.43. The zero-order valence-corrected chi connectivity index (χ0v) is 13.1. The number of imidazole rings is 1. The normalized spacial score (nSPS) is 27.0. The monoisotopic (exact) mass is 317 g/mol. The van der Waals surface area contributed by atoms with E-state index in [2.05, 4.69) is 10.3 Å². The number of nitrogens with zero attached hydrogens (tertiary/aromatic N) is 2. The summed E-state index contributed by atoms with van der Waals surface area (Å²) in [6, 6.07) is 1.84. The van der Waals surface area contributed by atoms with Crippen LogP contribution in [0.3, 0.4) is 0 Å². The molecule has 5 nitrogen and oxygen atoms in total. The van der Waals surface area contributed by atoms with Gasteiger partial charge in [0.05, 0.1) is 29.4 Å². The third kappa shape index (κ3) is 2.36. The van der Waals surface area contributed by atoms with Gasteiger partial charge in [-0.05, 0) is 43.7 Å². The summed E-state index contributed by atoms with van der Waals surface area (Å²) in [7, 11) is 0. The minimum atomic E-state index is -0.565. The molecule has 2 aliphatic carbocycles. The van der Waals surface area contributed by atoms with Gasteiger partial charge in [0.2, 0.25) is 0 Å². The average molecular weight is 317 g/mol. The van der Waals surface area contributed by atoms with Gasteiger partial charge in [0.25, 0.3) is 5.91 Å². The topological polar surface area (TPSA) is 67.2 Å². The van der Waals surface area contributed by atoms with E-state index in [1.165, 1.54) is 16.9 Å². The number of aromatic nitrogens is 2. The Hall–Kier alpha value is -1.66. The van der Waals surface area contributed by atoms with Crippen molar-refractivity contribution in [1.29, 1.82) is 0 Å². The maximum absolute atomic E-state index is 12.4. The molecule has 1 fully saturated rings. The summed E-state index contributed by atoms with van der Waals surface area (Å²) in [5.41, 5.74) is 1.33. The van der Waals surface area contributed by atoms with Crippen LogP contribution in [-0.2, 0) is 12.8 Å². The minimum Gasteiger partial charge on any atom is -0.389 e. The van der Waals surface area contributed by atoms with E-state index in [0.717, 1.165) is 30.6 Å². The predicted molar refractivity (Wildman–Crippen MR) is 84.1 cm³/mol. The number of aliphatic hydroxyl groups is 1. The first-order chi connectivity index (χ1) is 10.7.